The number of nitrogens with zero attached hydrogens (tertiary/aromatic N) is 2. The Bertz CT molecular complexity index is 509. The van der Waals surface area contributed by atoms with E-state index in [1.54, 1.807) is 0 Å². The Morgan fingerprint density at radius 2 is 2.08 bits per heavy atom. The molecule has 3 aliphatic heterocycles. The lowest BCUT2D eigenvalue weighted by molar-refractivity contribution is -0.908. The second-order valence-electron chi connectivity index (χ2n) is 7.27. The van der Waals surface area contributed by atoms with Crippen LogP contribution >= 0.6 is 0 Å². The van der Waals surface area contributed by atoms with Gasteiger partial charge in [0.2, 0.25) is 0 Å². The van der Waals surface area contributed by atoms with E-state index in [1.165, 1.54) is 38.8 Å². The normalized spacial score (nSPS) is 30.4. The number of ether oxygens (including phenoxy) is 2. The fourth-order valence-electron chi connectivity index (χ4n) is 3.69. The van der Waals surface area contributed by atoms with Crippen molar-refractivity contribution in [1.82, 2.24) is 4.90 Å². The predicted octanol–water partition coefficient (Wildman–Crippen LogP) is 2.68. The van der Waals surface area contributed by atoms with E-state index in [0.29, 0.717) is 17.8 Å². The minimum atomic E-state index is -0.558. The number of fused-ring (bicyclic) bond motifs is 1. The van der Waals surface area contributed by atoms with Crippen LogP contribution in [-0.4, -0.2) is 67.4 Å². The maximum atomic E-state index is 11.8. The zero-order valence-electron chi connectivity index (χ0n) is 15.4. The first kappa shape index (κ1) is 18.5. The van der Waals surface area contributed by atoms with Crippen LogP contribution < -0.4 is 0 Å². The molecule has 0 N–H and O–H groups in total. The standard InChI is InChI=1S/C19H31N2O4/c1-2-3-4-9-16-23-19(22)24-17-10-15-21(18(17)25-21)14-8-7-13-20-11-5-6-12-20/h17-18H,2-6,9-16H2,1H3/q+1/t17?,18?,21-/m0/s1. The molecule has 0 aromatic rings. The molecule has 3 fully saturated rings. The Morgan fingerprint density at radius 3 is 2.84 bits per heavy atom. The highest BCUT2D eigenvalue weighted by Crippen LogP contribution is 2.44. The van der Waals surface area contributed by atoms with Crippen LogP contribution in [0.1, 0.15) is 51.9 Å². The van der Waals surface area contributed by atoms with Crippen molar-refractivity contribution in [2.24, 2.45) is 0 Å². The van der Waals surface area contributed by atoms with Gasteiger partial charge >= 0.3 is 12.4 Å². The second-order valence-corrected chi connectivity index (χ2v) is 7.27. The van der Waals surface area contributed by atoms with E-state index in [1.807, 2.05) is 0 Å². The van der Waals surface area contributed by atoms with E-state index >= 15 is 0 Å². The lowest BCUT2D eigenvalue weighted by Crippen LogP contribution is -2.27. The van der Waals surface area contributed by atoms with Crippen LogP contribution in [0.2, 0.25) is 0 Å². The molecule has 0 aromatic carbocycles. The molecule has 3 aliphatic rings. The van der Waals surface area contributed by atoms with Crippen LogP contribution in [-0.2, 0) is 14.3 Å². The molecular weight excluding hydrogens is 320 g/mol. The summed E-state index contributed by atoms with van der Waals surface area (Å²) in [5.41, 5.74) is 0. The summed E-state index contributed by atoms with van der Waals surface area (Å²) in [6.07, 6.45) is 6.96. The van der Waals surface area contributed by atoms with Crippen LogP contribution in [0.25, 0.3) is 0 Å². The van der Waals surface area contributed by atoms with Gasteiger partial charge in [-0.25, -0.2) is 4.79 Å². The van der Waals surface area contributed by atoms with Gasteiger partial charge < -0.3 is 9.47 Å². The summed E-state index contributed by atoms with van der Waals surface area (Å²) in [7, 11) is 0. The first-order valence-corrected chi connectivity index (χ1v) is 9.80. The van der Waals surface area contributed by atoms with Gasteiger partial charge in [0, 0.05) is 6.42 Å². The fraction of sp³-hybridized carbons (Fsp3) is 0.842. The molecule has 0 saturated carbocycles. The summed E-state index contributed by atoms with van der Waals surface area (Å²) in [6, 6.07) is 0. The Hall–Kier alpha value is -1.29. The quantitative estimate of drug-likeness (QED) is 0.221. The van der Waals surface area contributed by atoms with Gasteiger partial charge in [-0.1, -0.05) is 32.1 Å². The first-order valence-electron chi connectivity index (χ1n) is 9.80. The summed E-state index contributed by atoms with van der Waals surface area (Å²) < 4.78 is 11.1. The number of likely N-dealkylation sites (tertiary alicyclic amines) is 1. The van der Waals surface area contributed by atoms with Gasteiger partial charge in [-0.05, 0) is 38.3 Å². The van der Waals surface area contributed by atoms with Gasteiger partial charge in [0.1, 0.15) is 6.54 Å². The number of hydrogen-bond acceptors (Lipinski definition) is 5. The van der Waals surface area contributed by atoms with Crippen molar-refractivity contribution in [3.8, 4) is 11.8 Å². The van der Waals surface area contributed by atoms with Crippen molar-refractivity contribution in [2.45, 2.75) is 64.2 Å². The van der Waals surface area contributed by atoms with Crippen molar-refractivity contribution in [3.63, 3.8) is 0 Å². The van der Waals surface area contributed by atoms with Gasteiger partial charge in [-0.15, -0.1) is 9.48 Å². The van der Waals surface area contributed by atoms with Crippen LogP contribution in [0.15, 0.2) is 0 Å². The van der Waals surface area contributed by atoms with Gasteiger partial charge in [0.25, 0.3) is 0 Å². The summed E-state index contributed by atoms with van der Waals surface area (Å²) in [5.74, 6) is 6.50. The maximum Gasteiger partial charge on any atom is 0.508 e. The summed E-state index contributed by atoms with van der Waals surface area (Å²) in [5, 5.41) is 0. The van der Waals surface area contributed by atoms with Crippen molar-refractivity contribution in [3.05, 3.63) is 0 Å². The zero-order valence-corrected chi connectivity index (χ0v) is 15.4. The molecule has 2 unspecified atom stereocenters. The number of unbranched alkanes of at least 4 members (excludes halogenated alkanes) is 3. The minimum Gasteiger partial charge on any atom is -0.434 e. The second kappa shape index (κ2) is 8.88. The largest absolute Gasteiger partial charge is 0.508 e. The van der Waals surface area contributed by atoms with Crippen molar-refractivity contribution < 1.29 is 23.8 Å². The van der Waals surface area contributed by atoms with Gasteiger partial charge in [0.05, 0.1) is 13.2 Å². The highest BCUT2D eigenvalue weighted by molar-refractivity contribution is 5.60. The van der Waals surface area contributed by atoms with E-state index in [9.17, 15) is 4.79 Å². The molecule has 6 nitrogen and oxygen atoms in total. The third-order valence-electron chi connectivity index (χ3n) is 5.28. The van der Waals surface area contributed by atoms with Crippen molar-refractivity contribution in [1.29, 1.82) is 0 Å². The molecule has 0 spiro atoms. The lowest BCUT2D eigenvalue weighted by Gasteiger charge is -2.08. The molecule has 140 valence electrons. The average Bonchev–Trinajstić information content (AvgIpc) is 2.94. The summed E-state index contributed by atoms with van der Waals surface area (Å²) in [6.45, 7) is 7.34. The lowest BCUT2D eigenvalue weighted by atomic mass is 10.2. The monoisotopic (exact) mass is 351 g/mol. The molecular formula is C19H31N2O4+. The third-order valence-corrected chi connectivity index (χ3v) is 5.28. The Balaban J connectivity index is 1.31. The molecule has 3 saturated heterocycles. The number of carbonyl (C=O) groups is 1. The molecule has 0 bridgehead atoms. The predicted molar refractivity (Wildman–Crippen MR) is 93.3 cm³/mol. The molecule has 0 aromatic heterocycles. The Labute approximate surface area is 150 Å². The van der Waals surface area contributed by atoms with Crippen molar-refractivity contribution >= 4 is 6.16 Å². The molecule has 25 heavy (non-hydrogen) atoms. The SMILES string of the molecule is CCCCCCOC(=O)OC1CC[N@+]2(CC#CCN3CCCC3)OC12. The smallest absolute Gasteiger partial charge is 0.434 e. The van der Waals surface area contributed by atoms with Crippen molar-refractivity contribution in [2.75, 3.05) is 39.3 Å². The highest BCUT2D eigenvalue weighted by atomic mass is 16.9. The molecule has 0 radical (unpaired) electrons. The fourth-order valence-corrected chi connectivity index (χ4v) is 3.69. The molecule has 0 aliphatic carbocycles. The first-order chi connectivity index (χ1) is 12.2. The van der Waals surface area contributed by atoms with Gasteiger partial charge in [-0.2, -0.15) is 0 Å². The minimum absolute atomic E-state index is 0.0475. The Kier molecular flexibility index (Phi) is 6.57. The number of hydrogen-bond donors (Lipinski definition) is 0. The molecule has 3 rings (SSSR count). The van der Waals surface area contributed by atoms with Crippen LogP contribution in [0, 0.1) is 11.8 Å². The maximum absolute atomic E-state index is 11.8. The van der Waals surface area contributed by atoms with E-state index < -0.39 is 6.16 Å². The number of quaternary nitrogens is 1. The van der Waals surface area contributed by atoms with Crippen LogP contribution in [0.3, 0.4) is 0 Å². The van der Waals surface area contributed by atoms with E-state index in [4.69, 9.17) is 14.3 Å². The average molecular weight is 351 g/mol. The van der Waals surface area contributed by atoms with Crippen LogP contribution in [0.4, 0.5) is 4.79 Å². The van der Waals surface area contributed by atoms with Gasteiger partial charge in [0.15, 0.2) is 12.6 Å². The Morgan fingerprint density at radius 1 is 1.24 bits per heavy atom. The number of carbonyl (C=O) groups excluding carboxylic acids is 1. The molecule has 0 amide bonds. The van der Waals surface area contributed by atoms with E-state index in [2.05, 4.69) is 23.7 Å². The third kappa shape index (κ3) is 5.10. The topological polar surface area (TPSA) is 51.3 Å². The number of hydroxylamine groups is 3. The summed E-state index contributed by atoms with van der Waals surface area (Å²) >= 11 is 0. The van der Waals surface area contributed by atoms with E-state index in [-0.39, 0.29) is 12.3 Å². The molecule has 6 heteroatoms. The highest BCUT2D eigenvalue weighted by Gasteiger charge is 2.69. The summed E-state index contributed by atoms with van der Waals surface area (Å²) in [4.78, 5) is 19.9. The van der Waals surface area contributed by atoms with Gasteiger partial charge in [-0.3, -0.25) is 4.90 Å². The molecule has 3 heterocycles. The van der Waals surface area contributed by atoms with Crippen LogP contribution in [0.5, 0.6) is 0 Å². The zero-order chi connectivity index (χ0) is 17.5. The van der Waals surface area contributed by atoms with E-state index in [0.717, 1.165) is 32.4 Å². The molecule has 3 atom stereocenters. The number of rotatable bonds is 8.